The third-order valence-corrected chi connectivity index (χ3v) is 7.64. The third-order valence-electron chi connectivity index (χ3n) is 4.28. The highest BCUT2D eigenvalue weighted by atomic mass is 32.2. The number of hydrogen-bond acceptors (Lipinski definition) is 4. The zero-order chi connectivity index (χ0) is 13.1. The predicted octanol–water partition coefficient (Wildman–Crippen LogP) is 4.18. The van der Waals surface area contributed by atoms with Gasteiger partial charge in [0.1, 0.15) is 9.84 Å². The van der Waals surface area contributed by atoms with Crippen molar-refractivity contribution in [2.24, 2.45) is 0 Å². The maximum absolute atomic E-state index is 5.79. The van der Waals surface area contributed by atoms with Crippen molar-refractivity contribution >= 4 is 23.5 Å². The fourth-order valence-corrected chi connectivity index (χ4v) is 6.53. The van der Waals surface area contributed by atoms with Crippen molar-refractivity contribution in [2.75, 3.05) is 25.1 Å². The molecule has 0 N–H and O–H groups in total. The van der Waals surface area contributed by atoms with Gasteiger partial charge in [-0.05, 0) is 62.9 Å². The van der Waals surface area contributed by atoms with Gasteiger partial charge in [-0.1, -0.05) is 6.42 Å². The van der Waals surface area contributed by atoms with Crippen LogP contribution in [-0.4, -0.2) is 36.0 Å². The average Bonchev–Trinajstić information content (AvgIpc) is 2.97. The molecule has 1 atom stereocenters. The van der Waals surface area contributed by atoms with E-state index in [0.29, 0.717) is 0 Å². The molecule has 2 aliphatic rings. The number of likely N-dealkylation sites (tertiary alicyclic amines) is 1. The SMILES string of the molecule is CN1CCCCC1CC1(c2ccco2)SCCCS1. The first-order chi connectivity index (χ1) is 9.30. The third kappa shape index (κ3) is 3.01. The number of nitrogens with zero attached hydrogens (tertiary/aromatic N) is 1. The Hall–Kier alpha value is -0.0600. The standard InChI is InChI=1S/C15H23NOS2/c1-16-8-3-2-6-13(16)12-15(14-7-4-9-17-14)18-10-5-11-19-15/h4,7,9,13H,2-3,5-6,8,10-12H2,1H3. The molecule has 1 unspecified atom stereocenters. The summed E-state index contributed by atoms with van der Waals surface area (Å²) in [5.41, 5.74) is 0. The Morgan fingerprint density at radius 3 is 2.84 bits per heavy atom. The highest BCUT2D eigenvalue weighted by molar-refractivity contribution is 8.18. The molecule has 19 heavy (non-hydrogen) atoms. The Kier molecular flexibility index (Phi) is 4.50. The Morgan fingerprint density at radius 2 is 2.16 bits per heavy atom. The summed E-state index contributed by atoms with van der Waals surface area (Å²) in [4.78, 5) is 2.56. The zero-order valence-electron chi connectivity index (χ0n) is 11.6. The fraction of sp³-hybridized carbons (Fsp3) is 0.733. The lowest BCUT2D eigenvalue weighted by molar-refractivity contribution is 0.170. The summed E-state index contributed by atoms with van der Waals surface area (Å²) in [6.45, 7) is 1.26. The van der Waals surface area contributed by atoms with Crippen LogP contribution in [0.3, 0.4) is 0 Å². The molecule has 0 amide bonds. The van der Waals surface area contributed by atoms with Crippen LogP contribution in [0.4, 0.5) is 0 Å². The van der Waals surface area contributed by atoms with Gasteiger partial charge in [0.2, 0.25) is 0 Å². The Labute approximate surface area is 124 Å². The summed E-state index contributed by atoms with van der Waals surface area (Å²) in [6, 6.07) is 4.93. The lowest BCUT2D eigenvalue weighted by Crippen LogP contribution is -2.40. The van der Waals surface area contributed by atoms with E-state index >= 15 is 0 Å². The minimum atomic E-state index is 0.165. The monoisotopic (exact) mass is 297 g/mol. The van der Waals surface area contributed by atoms with Crippen LogP contribution in [0.2, 0.25) is 0 Å². The molecule has 2 aliphatic heterocycles. The van der Waals surface area contributed by atoms with Crippen molar-refractivity contribution in [3.8, 4) is 0 Å². The molecule has 0 radical (unpaired) electrons. The number of thioether (sulfide) groups is 2. The second kappa shape index (κ2) is 6.15. The lowest BCUT2D eigenvalue weighted by atomic mass is 9.97. The summed E-state index contributed by atoms with van der Waals surface area (Å²) in [5.74, 6) is 3.72. The molecule has 2 fully saturated rings. The normalized spacial score (nSPS) is 28.4. The van der Waals surface area contributed by atoms with Crippen molar-refractivity contribution < 1.29 is 4.42 Å². The molecule has 0 bridgehead atoms. The van der Waals surface area contributed by atoms with Gasteiger partial charge in [0.15, 0.2) is 0 Å². The Balaban J connectivity index is 1.79. The van der Waals surface area contributed by atoms with E-state index in [9.17, 15) is 0 Å². The molecule has 1 aromatic heterocycles. The number of furan rings is 1. The van der Waals surface area contributed by atoms with Gasteiger partial charge in [0, 0.05) is 6.04 Å². The van der Waals surface area contributed by atoms with Crippen LogP contribution in [0.25, 0.3) is 0 Å². The molecule has 0 aliphatic carbocycles. The number of piperidine rings is 1. The van der Waals surface area contributed by atoms with Crippen molar-refractivity contribution in [2.45, 2.75) is 42.2 Å². The quantitative estimate of drug-likeness (QED) is 0.832. The molecule has 2 saturated heterocycles. The van der Waals surface area contributed by atoms with Crippen molar-refractivity contribution in [3.63, 3.8) is 0 Å². The largest absolute Gasteiger partial charge is 0.467 e. The topological polar surface area (TPSA) is 16.4 Å². The van der Waals surface area contributed by atoms with E-state index in [1.165, 1.54) is 55.9 Å². The molecule has 4 heteroatoms. The van der Waals surface area contributed by atoms with E-state index in [0.717, 1.165) is 6.04 Å². The number of rotatable bonds is 3. The fourth-order valence-electron chi connectivity index (χ4n) is 3.14. The molecule has 0 aromatic carbocycles. The highest BCUT2D eigenvalue weighted by Crippen LogP contribution is 2.54. The van der Waals surface area contributed by atoms with Gasteiger partial charge in [-0.15, -0.1) is 23.5 Å². The molecule has 106 valence electrons. The maximum Gasteiger partial charge on any atom is 0.129 e. The summed E-state index contributed by atoms with van der Waals surface area (Å²) < 4.78 is 5.96. The average molecular weight is 297 g/mol. The molecular formula is C15H23NOS2. The van der Waals surface area contributed by atoms with E-state index in [-0.39, 0.29) is 4.08 Å². The Morgan fingerprint density at radius 1 is 1.32 bits per heavy atom. The van der Waals surface area contributed by atoms with Gasteiger partial charge in [0.25, 0.3) is 0 Å². The molecule has 0 saturated carbocycles. The van der Waals surface area contributed by atoms with Gasteiger partial charge in [0.05, 0.1) is 6.26 Å². The van der Waals surface area contributed by atoms with Crippen molar-refractivity contribution in [1.29, 1.82) is 0 Å². The molecule has 3 heterocycles. The van der Waals surface area contributed by atoms with Crippen LogP contribution >= 0.6 is 23.5 Å². The summed E-state index contributed by atoms with van der Waals surface area (Å²) in [7, 11) is 2.29. The van der Waals surface area contributed by atoms with E-state index < -0.39 is 0 Å². The zero-order valence-corrected chi connectivity index (χ0v) is 13.3. The highest BCUT2D eigenvalue weighted by Gasteiger charge is 2.41. The molecule has 3 rings (SSSR count). The molecule has 2 nitrogen and oxygen atoms in total. The summed E-state index contributed by atoms with van der Waals surface area (Å²) in [6.07, 6.45) is 8.49. The minimum Gasteiger partial charge on any atom is -0.467 e. The van der Waals surface area contributed by atoms with Crippen LogP contribution in [-0.2, 0) is 4.08 Å². The van der Waals surface area contributed by atoms with E-state index in [1.54, 1.807) is 0 Å². The molecule has 0 spiro atoms. The van der Waals surface area contributed by atoms with Crippen LogP contribution < -0.4 is 0 Å². The van der Waals surface area contributed by atoms with Gasteiger partial charge < -0.3 is 9.32 Å². The first-order valence-corrected chi connectivity index (χ1v) is 9.29. The van der Waals surface area contributed by atoms with Gasteiger partial charge in [-0.2, -0.15) is 0 Å². The van der Waals surface area contributed by atoms with Crippen LogP contribution in [0, 0.1) is 0 Å². The first kappa shape index (κ1) is 13.9. The first-order valence-electron chi connectivity index (χ1n) is 7.32. The smallest absolute Gasteiger partial charge is 0.129 e. The number of hydrogen-bond donors (Lipinski definition) is 0. The van der Waals surface area contributed by atoms with Crippen molar-refractivity contribution in [1.82, 2.24) is 4.90 Å². The van der Waals surface area contributed by atoms with Crippen molar-refractivity contribution in [3.05, 3.63) is 24.2 Å². The van der Waals surface area contributed by atoms with Gasteiger partial charge in [-0.3, -0.25) is 0 Å². The Bertz CT molecular complexity index is 387. The van der Waals surface area contributed by atoms with Gasteiger partial charge in [-0.25, -0.2) is 0 Å². The maximum atomic E-state index is 5.79. The van der Waals surface area contributed by atoms with Gasteiger partial charge >= 0.3 is 0 Å². The van der Waals surface area contributed by atoms with E-state index in [4.69, 9.17) is 4.42 Å². The molecule has 1 aromatic rings. The van der Waals surface area contributed by atoms with E-state index in [2.05, 4.69) is 41.5 Å². The second-order valence-electron chi connectivity index (χ2n) is 5.62. The minimum absolute atomic E-state index is 0.165. The lowest BCUT2D eigenvalue weighted by Gasteiger charge is -2.41. The van der Waals surface area contributed by atoms with Crippen LogP contribution in [0.15, 0.2) is 22.8 Å². The second-order valence-corrected chi connectivity index (χ2v) is 8.66. The van der Waals surface area contributed by atoms with Crippen LogP contribution in [0.5, 0.6) is 0 Å². The van der Waals surface area contributed by atoms with Crippen LogP contribution in [0.1, 0.15) is 37.9 Å². The van der Waals surface area contributed by atoms with E-state index in [1.807, 2.05) is 12.3 Å². The summed E-state index contributed by atoms with van der Waals surface area (Å²) in [5, 5.41) is 0. The predicted molar refractivity (Wildman–Crippen MR) is 84.8 cm³/mol. The molecular weight excluding hydrogens is 274 g/mol. The summed E-state index contributed by atoms with van der Waals surface area (Å²) >= 11 is 4.21.